The summed E-state index contributed by atoms with van der Waals surface area (Å²) in [6, 6.07) is 12.4. The quantitative estimate of drug-likeness (QED) is 0.325. The SMILES string of the molecule is O=C(NCCN1CC[C@@H](CCNC2CCC(O)(c3ccc(-c4cccnn4)cn3)CC2)C1)c1cccc(C(F)(F)F)c1. The van der Waals surface area contributed by atoms with Crippen molar-refractivity contribution in [2.24, 2.45) is 5.92 Å². The van der Waals surface area contributed by atoms with E-state index < -0.39 is 23.2 Å². The number of nitrogens with one attached hydrogen (secondary N) is 2. The predicted molar refractivity (Wildman–Crippen MR) is 152 cm³/mol. The van der Waals surface area contributed by atoms with E-state index in [1.54, 1.807) is 12.4 Å². The van der Waals surface area contributed by atoms with Crippen molar-refractivity contribution in [3.63, 3.8) is 0 Å². The van der Waals surface area contributed by atoms with E-state index in [0.717, 1.165) is 68.7 Å². The van der Waals surface area contributed by atoms with Crippen LogP contribution in [0.15, 0.2) is 60.9 Å². The van der Waals surface area contributed by atoms with Crippen LogP contribution in [0, 0.1) is 5.92 Å². The minimum atomic E-state index is -4.47. The molecule has 42 heavy (non-hydrogen) atoms. The Morgan fingerprint density at radius 2 is 1.90 bits per heavy atom. The molecule has 3 N–H and O–H groups in total. The van der Waals surface area contributed by atoms with Crippen molar-refractivity contribution in [1.82, 2.24) is 30.7 Å². The lowest BCUT2D eigenvalue weighted by atomic mass is 9.79. The van der Waals surface area contributed by atoms with Gasteiger partial charge in [-0.25, -0.2) is 0 Å². The van der Waals surface area contributed by atoms with E-state index >= 15 is 0 Å². The molecule has 8 nitrogen and oxygen atoms in total. The van der Waals surface area contributed by atoms with Crippen molar-refractivity contribution in [3.8, 4) is 11.3 Å². The highest BCUT2D eigenvalue weighted by Crippen LogP contribution is 2.36. The molecule has 11 heteroatoms. The minimum absolute atomic E-state index is 0.0175. The van der Waals surface area contributed by atoms with Gasteiger partial charge in [-0.2, -0.15) is 23.4 Å². The maximum absolute atomic E-state index is 12.9. The maximum atomic E-state index is 12.9. The van der Waals surface area contributed by atoms with Crippen molar-refractivity contribution >= 4 is 5.91 Å². The topological polar surface area (TPSA) is 103 Å². The molecule has 0 unspecified atom stereocenters. The van der Waals surface area contributed by atoms with Gasteiger partial charge in [0, 0.05) is 49.2 Å². The number of aromatic nitrogens is 3. The second kappa shape index (κ2) is 13.3. The van der Waals surface area contributed by atoms with E-state index in [1.165, 1.54) is 12.1 Å². The lowest BCUT2D eigenvalue weighted by Gasteiger charge is -2.36. The first kappa shape index (κ1) is 30.1. The number of nitrogens with zero attached hydrogens (tertiary/aromatic N) is 4. The smallest absolute Gasteiger partial charge is 0.384 e. The molecular weight excluding hydrogens is 545 g/mol. The van der Waals surface area contributed by atoms with Crippen molar-refractivity contribution in [1.29, 1.82) is 0 Å². The molecule has 5 rings (SSSR count). The van der Waals surface area contributed by atoms with Gasteiger partial charge in [0.1, 0.15) is 5.60 Å². The number of aliphatic hydroxyl groups is 1. The number of rotatable bonds is 10. The zero-order valence-corrected chi connectivity index (χ0v) is 23.5. The van der Waals surface area contributed by atoms with Gasteiger partial charge in [0.2, 0.25) is 0 Å². The number of carbonyl (C=O) groups excluding carboxylic acids is 1. The van der Waals surface area contributed by atoms with Crippen molar-refractivity contribution in [2.75, 3.05) is 32.7 Å². The summed E-state index contributed by atoms with van der Waals surface area (Å²) in [6.07, 6.45) is 4.13. The Hall–Kier alpha value is -3.41. The predicted octanol–water partition coefficient (Wildman–Crippen LogP) is 4.42. The molecule has 0 spiro atoms. The Bertz CT molecular complexity index is 1310. The third kappa shape index (κ3) is 7.70. The number of halogens is 3. The van der Waals surface area contributed by atoms with Crippen LogP contribution < -0.4 is 10.6 Å². The highest BCUT2D eigenvalue weighted by atomic mass is 19.4. The van der Waals surface area contributed by atoms with Gasteiger partial charge in [0.05, 0.1) is 17.0 Å². The van der Waals surface area contributed by atoms with Crippen LogP contribution in [0.2, 0.25) is 0 Å². The first-order valence-electron chi connectivity index (χ1n) is 14.6. The summed E-state index contributed by atoms with van der Waals surface area (Å²) < 4.78 is 38.7. The maximum Gasteiger partial charge on any atom is 0.416 e. The Labute approximate surface area is 243 Å². The van der Waals surface area contributed by atoms with Crippen LogP contribution in [0.4, 0.5) is 13.2 Å². The zero-order chi connectivity index (χ0) is 29.6. The molecule has 1 saturated carbocycles. The number of alkyl halides is 3. The molecule has 2 aliphatic rings. The number of likely N-dealkylation sites (tertiary alicyclic amines) is 1. The molecule has 1 aromatic carbocycles. The minimum Gasteiger partial charge on any atom is -0.384 e. The lowest BCUT2D eigenvalue weighted by molar-refractivity contribution is -0.137. The van der Waals surface area contributed by atoms with Crippen LogP contribution in [-0.2, 0) is 11.8 Å². The van der Waals surface area contributed by atoms with Gasteiger partial charge >= 0.3 is 6.18 Å². The summed E-state index contributed by atoms with van der Waals surface area (Å²) in [5.41, 5.74) is 0.604. The van der Waals surface area contributed by atoms with Crippen molar-refractivity contribution in [3.05, 3.63) is 77.7 Å². The third-order valence-electron chi connectivity index (χ3n) is 8.44. The Balaban J connectivity index is 0.977. The summed E-state index contributed by atoms with van der Waals surface area (Å²) in [4.78, 5) is 19.2. The molecule has 224 valence electrons. The molecule has 2 aromatic heterocycles. The fourth-order valence-electron chi connectivity index (χ4n) is 5.94. The molecule has 1 amide bonds. The molecule has 2 fully saturated rings. The first-order chi connectivity index (χ1) is 20.2. The third-order valence-corrected chi connectivity index (χ3v) is 8.44. The van der Waals surface area contributed by atoms with E-state index in [9.17, 15) is 23.1 Å². The molecule has 1 saturated heterocycles. The van der Waals surface area contributed by atoms with Gasteiger partial charge in [-0.1, -0.05) is 6.07 Å². The van der Waals surface area contributed by atoms with Gasteiger partial charge in [-0.15, -0.1) is 0 Å². The van der Waals surface area contributed by atoms with Crippen molar-refractivity contribution < 1.29 is 23.1 Å². The average Bonchev–Trinajstić information content (AvgIpc) is 3.46. The summed E-state index contributed by atoms with van der Waals surface area (Å²) >= 11 is 0. The second-order valence-electron chi connectivity index (χ2n) is 11.4. The van der Waals surface area contributed by atoms with Crippen LogP contribution in [0.1, 0.15) is 60.1 Å². The normalized spacial score (nSPS) is 23.1. The fraction of sp³-hybridized carbons (Fsp3) is 0.484. The highest BCUT2D eigenvalue weighted by Gasteiger charge is 2.36. The molecule has 1 atom stereocenters. The van der Waals surface area contributed by atoms with Gasteiger partial charge in [-0.05, 0) is 100.0 Å². The van der Waals surface area contributed by atoms with Gasteiger partial charge in [0.25, 0.3) is 5.91 Å². The van der Waals surface area contributed by atoms with E-state index in [0.29, 0.717) is 43.6 Å². The number of pyridine rings is 1. The van der Waals surface area contributed by atoms with E-state index in [2.05, 4.69) is 30.7 Å². The molecule has 3 aromatic rings. The van der Waals surface area contributed by atoms with Gasteiger partial charge < -0.3 is 20.6 Å². The highest BCUT2D eigenvalue weighted by molar-refractivity contribution is 5.94. The van der Waals surface area contributed by atoms with Crippen LogP contribution in [0.3, 0.4) is 0 Å². The Morgan fingerprint density at radius 3 is 2.62 bits per heavy atom. The first-order valence-corrected chi connectivity index (χ1v) is 14.6. The second-order valence-corrected chi connectivity index (χ2v) is 11.4. The lowest BCUT2D eigenvalue weighted by Crippen LogP contribution is -2.40. The molecule has 1 aliphatic carbocycles. The van der Waals surface area contributed by atoms with Gasteiger partial charge in [0.15, 0.2) is 0 Å². The molecule has 0 bridgehead atoms. The largest absolute Gasteiger partial charge is 0.416 e. The fourth-order valence-corrected chi connectivity index (χ4v) is 5.94. The summed E-state index contributed by atoms with van der Waals surface area (Å²) in [6.45, 7) is 3.87. The average molecular weight is 583 g/mol. The number of amides is 1. The van der Waals surface area contributed by atoms with E-state index in [4.69, 9.17) is 0 Å². The molecule has 3 heterocycles. The Morgan fingerprint density at radius 1 is 1.07 bits per heavy atom. The number of carbonyl (C=O) groups is 1. The summed E-state index contributed by atoms with van der Waals surface area (Å²) in [5.74, 6) is 0.0736. The number of hydrogen-bond donors (Lipinski definition) is 3. The molecule has 0 radical (unpaired) electrons. The summed E-state index contributed by atoms with van der Waals surface area (Å²) in [7, 11) is 0. The molecule has 1 aliphatic heterocycles. The van der Waals surface area contributed by atoms with E-state index in [1.807, 2.05) is 24.3 Å². The van der Waals surface area contributed by atoms with Crippen molar-refractivity contribution in [2.45, 2.75) is 56.3 Å². The summed E-state index contributed by atoms with van der Waals surface area (Å²) in [5, 5.41) is 25.7. The number of hydrogen-bond acceptors (Lipinski definition) is 7. The van der Waals surface area contributed by atoms with Crippen LogP contribution in [0.5, 0.6) is 0 Å². The van der Waals surface area contributed by atoms with E-state index in [-0.39, 0.29) is 5.56 Å². The van der Waals surface area contributed by atoms with Crippen LogP contribution in [-0.4, -0.2) is 69.9 Å². The number of benzene rings is 1. The van der Waals surface area contributed by atoms with Crippen LogP contribution >= 0.6 is 0 Å². The van der Waals surface area contributed by atoms with Crippen LogP contribution in [0.25, 0.3) is 11.3 Å². The zero-order valence-electron chi connectivity index (χ0n) is 23.5. The standard InChI is InChI=1S/C31H37F3N6O2/c32-31(33,34)25-4-1-3-23(19-25)29(41)36-16-18-40-17-11-22(21-40)10-15-35-26-8-12-30(42,13-9-26)28-7-6-24(20-37-28)27-5-2-14-38-39-27/h1-7,14,19-20,22,26,35,42H,8-13,15-18,21H2,(H,36,41)/t22-,26?,30?/m1/s1. The Kier molecular flexibility index (Phi) is 9.50. The monoisotopic (exact) mass is 582 g/mol. The van der Waals surface area contributed by atoms with Gasteiger partial charge in [-0.3, -0.25) is 9.78 Å². The molecular formula is C31H37F3N6O2.